The number of amides is 1. The second kappa shape index (κ2) is 5.43. The molecule has 5 nitrogen and oxygen atoms in total. The lowest BCUT2D eigenvalue weighted by Crippen LogP contribution is -2.15. The highest BCUT2D eigenvalue weighted by molar-refractivity contribution is 6.11. The second-order valence-electron chi connectivity index (χ2n) is 6.55. The van der Waals surface area contributed by atoms with Crippen LogP contribution >= 0.6 is 0 Å². The molecule has 0 saturated carbocycles. The fourth-order valence-corrected chi connectivity index (χ4v) is 2.42. The molecule has 0 radical (unpaired) electrons. The van der Waals surface area contributed by atoms with Crippen LogP contribution in [0.2, 0.25) is 0 Å². The Balaban J connectivity index is 1.94. The third kappa shape index (κ3) is 2.90. The second-order valence-corrected chi connectivity index (χ2v) is 6.55. The van der Waals surface area contributed by atoms with Gasteiger partial charge in [0.05, 0.1) is 11.2 Å². The largest absolute Gasteiger partial charge is 0.506 e. The van der Waals surface area contributed by atoms with Crippen molar-refractivity contribution in [3.8, 4) is 5.75 Å². The van der Waals surface area contributed by atoms with Crippen molar-refractivity contribution < 1.29 is 9.90 Å². The highest BCUT2D eigenvalue weighted by Crippen LogP contribution is 2.31. The Bertz CT molecular complexity index is 875. The monoisotopic (exact) mass is 309 g/mol. The molecule has 1 heterocycles. The van der Waals surface area contributed by atoms with Gasteiger partial charge in [-0.2, -0.15) is 5.10 Å². The normalized spacial score (nSPS) is 11.6. The maximum Gasteiger partial charge on any atom is 0.276 e. The molecule has 1 aromatic heterocycles. The van der Waals surface area contributed by atoms with E-state index in [0.29, 0.717) is 11.4 Å². The molecule has 0 bridgehead atoms. The van der Waals surface area contributed by atoms with Gasteiger partial charge in [-0.25, -0.2) is 0 Å². The number of nitrogens with one attached hydrogen (secondary N) is 2. The number of anilines is 1. The number of nitrogens with zero attached hydrogens (tertiary/aromatic N) is 1. The zero-order valence-corrected chi connectivity index (χ0v) is 13.3. The molecule has 0 unspecified atom stereocenters. The summed E-state index contributed by atoms with van der Waals surface area (Å²) in [7, 11) is 0. The fourth-order valence-electron chi connectivity index (χ4n) is 2.42. The van der Waals surface area contributed by atoms with Gasteiger partial charge in [0.2, 0.25) is 0 Å². The zero-order chi connectivity index (χ0) is 16.6. The lowest BCUT2D eigenvalue weighted by atomic mass is 9.87. The molecule has 3 aromatic rings. The number of aromatic nitrogens is 2. The Labute approximate surface area is 134 Å². The molecule has 1 amide bonds. The van der Waals surface area contributed by atoms with Crippen LogP contribution in [0.15, 0.2) is 42.5 Å². The minimum Gasteiger partial charge on any atom is -0.506 e. The Hall–Kier alpha value is -2.82. The lowest BCUT2D eigenvalue weighted by molar-refractivity contribution is 0.102. The van der Waals surface area contributed by atoms with Crippen LogP contribution in [0.5, 0.6) is 5.75 Å². The number of benzene rings is 2. The molecule has 23 heavy (non-hydrogen) atoms. The van der Waals surface area contributed by atoms with Gasteiger partial charge in [-0.1, -0.05) is 45.0 Å². The van der Waals surface area contributed by atoms with Gasteiger partial charge >= 0.3 is 0 Å². The summed E-state index contributed by atoms with van der Waals surface area (Å²) in [6, 6.07) is 12.7. The standard InChI is InChI=1S/C18H19N3O2/c1-18(2,3)11-8-9-15(22)14(10-11)19-17(23)16-12-6-4-5-7-13(12)20-21-16/h4-10,22H,1-3H3,(H,19,23)(H,20,21). The highest BCUT2D eigenvalue weighted by Gasteiger charge is 2.18. The van der Waals surface area contributed by atoms with E-state index in [1.165, 1.54) is 0 Å². The van der Waals surface area contributed by atoms with Crippen LogP contribution in [0.3, 0.4) is 0 Å². The molecule has 0 fully saturated rings. The van der Waals surface area contributed by atoms with Gasteiger partial charge in [0.25, 0.3) is 5.91 Å². The molecule has 0 aliphatic rings. The quantitative estimate of drug-likeness (QED) is 0.630. The molecule has 0 saturated heterocycles. The summed E-state index contributed by atoms with van der Waals surface area (Å²) < 4.78 is 0. The zero-order valence-electron chi connectivity index (χ0n) is 13.3. The van der Waals surface area contributed by atoms with Crippen molar-refractivity contribution in [2.24, 2.45) is 0 Å². The summed E-state index contributed by atoms with van der Waals surface area (Å²) in [6.45, 7) is 6.23. The number of para-hydroxylation sites is 1. The number of hydrogen-bond acceptors (Lipinski definition) is 3. The summed E-state index contributed by atoms with van der Waals surface area (Å²) in [5.41, 5.74) is 2.44. The number of hydrogen-bond donors (Lipinski definition) is 3. The fraction of sp³-hybridized carbons (Fsp3) is 0.222. The molecular weight excluding hydrogens is 290 g/mol. The molecule has 0 atom stereocenters. The van der Waals surface area contributed by atoms with Crippen LogP contribution in [-0.4, -0.2) is 21.2 Å². The Kier molecular flexibility index (Phi) is 3.56. The van der Waals surface area contributed by atoms with Gasteiger partial charge in [-0.05, 0) is 29.2 Å². The molecule has 5 heteroatoms. The van der Waals surface area contributed by atoms with E-state index in [9.17, 15) is 9.90 Å². The first-order valence-electron chi connectivity index (χ1n) is 7.44. The van der Waals surface area contributed by atoms with Crippen LogP contribution in [0.4, 0.5) is 5.69 Å². The highest BCUT2D eigenvalue weighted by atomic mass is 16.3. The molecule has 0 spiro atoms. The number of phenols is 1. The van der Waals surface area contributed by atoms with Crippen molar-refractivity contribution in [3.63, 3.8) is 0 Å². The molecule has 2 aromatic carbocycles. The van der Waals surface area contributed by atoms with E-state index in [0.717, 1.165) is 16.5 Å². The van der Waals surface area contributed by atoms with Gasteiger partial charge in [-0.3, -0.25) is 9.89 Å². The van der Waals surface area contributed by atoms with Gasteiger partial charge < -0.3 is 10.4 Å². The number of H-pyrrole nitrogens is 1. The first-order chi connectivity index (χ1) is 10.9. The van der Waals surface area contributed by atoms with Crippen molar-refractivity contribution in [2.45, 2.75) is 26.2 Å². The minimum absolute atomic E-state index is 0.0335. The summed E-state index contributed by atoms with van der Waals surface area (Å²) in [5, 5.41) is 20.4. The van der Waals surface area contributed by atoms with Crippen LogP contribution in [0.1, 0.15) is 36.8 Å². The summed E-state index contributed by atoms with van der Waals surface area (Å²) in [6.07, 6.45) is 0. The summed E-state index contributed by atoms with van der Waals surface area (Å²) in [4.78, 5) is 12.5. The van der Waals surface area contributed by atoms with Gasteiger partial charge in [0.1, 0.15) is 5.75 Å². The number of rotatable bonds is 2. The van der Waals surface area contributed by atoms with Gasteiger partial charge in [0, 0.05) is 5.39 Å². The third-order valence-corrected chi connectivity index (χ3v) is 3.80. The molecule has 0 aliphatic carbocycles. The topological polar surface area (TPSA) is 78.0 Å². The van der Waals surface area contributed by atoms with Gasteiger partial charge in [-0.15, -0.1) is 0 Å². The predicted octanol–water partition coefficient (Wildman–Crippen LogP) is 3.82. The lowest BCUT2D eigenvalue weighted by Gasteiger charge is -2.20. The van der Waals surface area contributed by atoms with E-state index in [2.05, 4.69) is 36.3 Å². The Morgan fingerprint density at radius 3 is 2.65 bits per heavy atom. The number of carbonyl (C=O) groups excluding carboxylic acids is 1. The van der Waals surface area contributed by atoms with E-state index in [1.54, 1.807) is 12.1 Å². The van der Waals surface area contributed by atoms with Crippen LogP contribution in [0.25, 0.3) is 10.9 Å². The number of fused-ring (bicyclic) bond motifs is 1. The van der Waals surface area contributed by atoms with E-state index in [-0.39, 0.29) is 17.1 Å². The predicted molar refractivity (Wildman–Crippen MR) is 90.9 cm³/mol. The number of phenolic OH excluding ortho intramolecular Hbond substituents is 1. The molecule has 3 N–H and O–H groups in total. The average molecular weight is 309 g/mol. The molecule has 3 rings (SSSR count). The third-order valence-electron chi connectivity index (χ3n) is 3.80. The maximum atomic E-state index is 12.5. The van der Waals surface area contributed by atoms with E-state index >= 15 is 0 Å². The van der Waals surface area contributed by atoms with Gasteiger partial charge in [0.15, 0.2) is 5.69 Å². The van der Waals surface area contributed by atoms with Crippen molar-refractivity contribution in [1.29, 1.82) is 0 Å². The SMILES string of the molecule is CC(C)(C)c1ccc(O)c(NC(=O)c2n[nH]c3ccccc23)c1. The first-order valence-corrected chi connectivity index (χ1v) is 7.44. The first kappa shape index (κ1) is 15.1. The Morgan fingerprint density at radius 2 is 1.91 bits per heavy atom. The number of aromatic hydroxyl groups is 1. The van der Waals surface area contributed by atoms with E-state index in [4.69, 9.17) is 0 Å². The number of carbonyl (C=O) groups is 1. The average Bonchev–Trinajstić information content (AvgIpc) is 2.92. The van der Waals surface area contributed by atoms with Crippen molar-refractivity contribution in [1.82, 2.24) is 10.2 Å². The molecular formula is C18H19N3O2. The smallest absolute Gasteiger partial charge is 0.276 e. The van der Waals surface area contributed by atoms with Crippen LogP contribution in [0, 0.1) is 0 Å². The van der Waals surface area contributed by atoms with Crippen LogP contribution < -0.4 is 5.32 Å². The van der Waals surface area contributed by atoms with Crippen LogP contribution in [-0.2, 0) is 5.41 Å². The van der Waals surface area contributed by atoms with E-state index < -0.39 is 0 Å². The Morgan fingerprint density at radius 1 is 1.17 bits per heavy atom. The van der Waals surface area contributed by atoms with Crippen molar-refractivity contribution >= 4 is 22.5 Å². The molecule has 0 aliphatic heterocycles. The maximum absolute atomic E-state index is 12.5. The van der Waals surface area contributed by atoms with Crippen molar-refractivity contribution in [3.05, 3.63) is 53.7 Å². The van der Waals surface area contributed by atoms with Crippen molar-refractivity contribution in [2.75, 3.05) is 5.32 Å². The number of aromatic amines is 1. The summed E-state index contributed by atoms with van der Waals surface area (Å²) >= 11 is 0. The van der Waals surface area contributed by atoms with E-state index in [1.807, 2.05) is 30.3 Å². The minimum atomic E-state index is -0.358. The molecule has 118 valence electrons. The summed E-state index contributed by atoms with van der Waals surface area (Å²) in [5.74, 6) is -0.324.